The lowest BCUT2D eigenvalue weighted by Crippen LogP contribution is -2.35. The normalized spacial score (nSPS) is 9.47. The maximum atomic E-state index is 11.8. The largest absolute Gasteiger partial charge is 0.322 e. The third-order valence-electron chi connectivity index (χ3n) is 2.12. The SMILES string of the molecule is CCCN(CC#N)C(=O)Nc1cccc(Cl)c1. The van der Waals surface area contributed by atoms with Gasteiger partial charge in [-0.05, 0) is 24.6 Å². The van der Waals surface area contributed by atoms with Crippen LogP contribution >= 0.6 is 11.6 Å². The van der Waals surface area contributed by atoms with E-state index in [0.29, 0.717) is 17.3 Å². The lowest BCUT2D eigenvalue weighted by molar-refractivity contribution is 0.218. The van der Waals surface area contributed by atoms with Crippen molar-refractivity contribution in [2.24, 2.45) is 0 Å². The van der Waals surface area contributed by atoms with Gasteiger partial charge in [0.25, 0.3) is 0 Å². The number of rotatable bonds is 4. The first-order chi connectivity index (χ1) is 8.17. The monoisotopic (exact) mass is 251 g/mol. The van der Waals surface area contributed by atoms with Gasteiger partial charge in [0.15, 0.2) is 0 Å². The topological polar surface area (TPSA) is 56.1 Å². The molecule has 4 nitrogen and oxygen atoms in total. The Morgan fingerprint density at radius 2 is 2.35 bits per heavy atom. The summed E-state index contributed by atoms with van der Waals surface area (Å²) in [5, 5.41) is 11.9. The van der Waals surface area contributed by atoms with Gasteiger partial charge in [-0.15, -0.1) is 0 Å². The number of halogens is 1. The van der Waals surface area contributed by atoms with Crippen LogP contribution in [0.2, 0.25) is 5.02 Å². The molecule has 0 atom stereocenters. The molecule has 0 aliphatic rings. The van der Waals surface area contributed by atoms with E-state index in [1.165, 1.54) is 4.90 Å². The molecule has 1 rings (SSSR count). The van der Waals surface area contributed by atoms with E-state index in [1.54, 1.807) is 24.3 Å². The first kappa shape index (κ1) is 13.3. The summed E-state index contributed by atoms with van der Waals surface area (Å²) in [5.41, 5.74) is 0.626. The number of hydrogen-bond acceptors (Lipinski definition) is 2. The lowest BCUT2D eigenvalue weighted by Gasteiger charge is -2.19. The van der Waals surface area contributed by atoms with Crippen LogP contribution in [0.4, 0.5) is 10.5 Å². The van der Waals surface area contributed by atoms with Gasteiger partial charge >= 0.3 is 6.03 Å². The van der Waals surface area contributed by atoms with E-state index < -0.39 is 0 Å². The van der Waals surface area contributed by atoms with E-state index in [-0.39, 0.29) is 12.6 Å². The number of urea groups is 1. The fourth-order valence-electron chi connectivity index (χ4n) is 1.38. The number of amides is 2. The molecule has 5 heteroatoms. The van der Waals surface area contributed by atoms with Crippen LogP contribution in [0.1, 0.15) is 13.3 Å². The number of nitrogens with one attached hydrogen (secondary N) is 1. The van der Waals surface area contributed by atoms with Gasteiger partial charge < -0.3 is 10.2 Å². The summed E-state index contributed by atoms with van der Waals surface area (Å²) in [6.45, 7) is 2.59. The Kier molecular flexibility index (Phi) is 5.31. The number of carbonyl (C=O) groups is 1. The number of benzene rings is 1. The van der Waals surface area contributed by atoms with Crippen LogP contribution in [-0.4, -0.2) is 24.0 Å². The Morgan fingerprint density at radius 1 is 1.59 bits per heavy atom. The van der Waals surface area contributed by atoms with Crippen molar-refractivity contribution < 1.29 is 4.79 Å². The van der Waals surface area contributed by atoms with Crippen LogP contribution < -0.4 is 5.32 Å². The minimum atomic E-state index is -0.282. The van der Waals surface area contributed by atoms with Crippen LogP contribution in [-0.2, 0) is 0 Å². The molecule has 0 aromatic heterocycles. The zero-order valence-corrected chi connectivity index (χ0v) is 10.4. The number of nitriles is 1. The third-order valence-corrected chi connectivity index (χ3v) is 2.35. The van der Waals surface area contributed by atoms with Crippen LogP contribution in [0.15, 0.2) is 24.3 Å². The predicted octanol–water partition coefficient (Wildman–Crippen LogP) is 3.11. The second-order valence-electron chi connectivity index (χ2n) is 3.52. The molecule has 0 bridgehead atoms. The van der Waals surface area contributed by atoms with Gasteiger partial charge in [0.05, 0.1) is 6.07 Å². The van der Waals surface area contributed by atoms with Gasteiger partial charge in [0.1, 0.15) is 6.54 Å². The van der Waals surface area contributed by atoms with Gasteiger partial charge in [-0.1, -0.05) is 24.6 Å². The van der Waals surface area contributed by atoms with Gasteiger partial charge in [-0.3, -0.25) is 0 Å². The van der Waals surface area contributed by atoms with Crippen molar-refractivity contribution in [1.29, 1.82) is 5.26 Å². The van der Waals surface area contributed by atoms with Gasteiger partial charge in [0.2, 0.25) is 0 Å². The fraction of sp³-hybridized carbons (Fsp3) is 0.333. The van der Waals surface area contributed by atoms with Crippen molar-refractivity contribution in [3.8, 4) is 6.07 Å². The zero-order chi connectivity index (χ0) is 12.7. The lowest BCUT2D eigenvalue weighted by atomic mass is 10.3. The van der Waals surface area contributed by atoms with Crippen LogP contribution in [0, 0.1) is 11.3 Å². The Bertz CT molecular complexity index is 428. The highest BCUT2D eigenvalue weighted by molar-refractivity contribution is 6.30. The molecule has 1 aromatic rings. The highest BCUT2D eigenvalue weighted by Gasteiger charge is 2.11. The molecular weight excluding hydrogens is 238 g/mol. The Labute approximate surface area is 106 Å². The average Bonchev–Trinajstić information content (AvgIpc) is 2.28. The first-order valence-corrected chi connectivity index (χ1v) is 5.73. The standard InChI is InChI=1S/C12H14ClN3O/c1-2-7-16(8-6-14)12(17)15-11-5-3-4-10(13)9-11/h3-5,9H,2,7-8H2,1H3,(H,15,17). The molecule has 0 unspecified atom stereocenters. The molecule has 90 valence electrons. The molecule has 0 aliphatic heterocycles. The smallest absolute Gasteiger partial charge is 0.311 e. The summed E-state index contributed by atoms with van der Waals surface area (Å²) in [6.07, 6.45) is 0.810. The molecule has 0 fully saturated rings. The van der Waals surface area contributed by atoms with Gasteiger partial charge in [-0.2, -0.15) is 5.26 Å². The molecule has 0 spiro atoms. The van der Waals surface area contributed by atoms with Gasteiger partial charge in [-0.25, -0.2) is 4.79 Å². The van der Waals surface area contributed by atoms with Crippen molar-refractivity contribution in [3.05, 3.63) is 29.3 Å². The van der Waals surface area contributed by atoms with Crippen LogP contribution in [0.25, 0.3) is 0 Å². The maximum absolute atomic E-state index is 11.8. The number of nitrogens with zero attached hydrogens (tertiary/aromatic N) is 2. The van der Waals surface area contributed by atoms with E-state index in [0.717, 1.165) is 6.42 Å². The highest BCUT2D eigenvalue weighted by atomic mass is 35.5. The Morgan fingerprint density at radius 3 is 2.94 bits per heavy atom. The molecular formula is C12H14ClN3O. The van der Waals surface area contributed by atoms with Crippen LogP contribution in [0.5, 0.6) is 0 Å². The summed E-state index contributed by atoms with van der Waals surface area (Å²) >= 11 is 5.81. The summed E-state index contributed by atoms with van der Waals surface area (Å²) in [7, 11) is 0. The highest BCUT2D eigenvalue weighted by Crippen LogP contribution is 2.15. The second-order valence-corrected chi connectivity index (χ2v) is 3.96. The van der Waals surface area contributed by atoms with Gasteiger partial charge in [0, 0.05) is 17.3 Å². The van der Waals surface area contributed by atoms with Crippen molar-refractivity contribution in [2.75, 3.05) is 18.4 Å². The Hall–Kier alpha value is -1.73. The molecule has 0 radical (unpaired) electrons. The summed E-state index contributed by atoms with van der Waals surface area (Å²) in [5.74, 6) is 0. The molecule has 0 saturated heterocycles. The molecule has 2 amide bonds. The van der Waals surface area contributed by atoms with E-state index >= 15 is 0 Å². The minimum absolute atomic E-state index is 0.0836. The molecule has 0 aliphatic carbocycles. The summed E-state index contributed by atoms with van der Waals surface area (Å²) in [6, 6.07) is 8.59. The summed E-state index contributed by atoms with van der Waals surface area (Å²) in [4.78, 5) is 13.3. The van der Waals surface area contributed by atoms with Crippen LogP contribution in [0.3, 0.4) is 0 Å². The molecule has 0 heterocycles. The van der Waals surface area contributed by atoms with E-state index in [9.17, 15) is 4.79 Å². The molecule has 1 aromatic carbocycles. The van der Waals surface area contributed by atoms with E-state index in [2.05, 4.69) is 5.32 Å². The second kappa shape index (κ2) is 6.77. The zero-order valence-electron chi connectivity index (χ0n) is 9.61. The quantitative estimate of drug-likeness (QED) is 0.836. The first-order valence-electron chi connectivity index (χ1n) is 5.35. The third kappa shape index (κ3) is 4.33. The molecule has 0 saturated carbocycles. The maximum Gasteiger partial charge on any atom is 0.322 e. The van der Waals surface area contributed by atoms with Crippen molar-refractivity contribution in [1.82, 2.24) is 4.90 Å². The van der Waals surface area contributed by atoms with Crippen molar-refractivity contribution >= 4 is 23.3 Å². The predicted molar refractivity (Wildman–Crippen MR) is 67.9 cm³/mol. The van der Waals surface area contributed by atoms with E-state index in [1.807, 2.05) is 13.0 Å². The van der Waals surface area contributed by atoms with E-state index in [4.69, 9.17) is 16.9 Å². The molecule has 17 heavy (non-hydrogen) atoms. The number of carbonyl (C=O) groups excluding carboxylic acids is 1. The fourth-order valence-corrected chi connectivity index (χ4v) is 1.57. The number of anilines is 1. The number of hydrogen-bond donors (Lipinski definition) is 1. The summed E-state index contributed by atoms with van der Waals surface area (Å²) < 4.78 is 0. The van der Waals surface area contributed by atoms with Crippen molar-refractivity contribution in [3.63, 3.8) is 0 Å². The average molecular weight is 252 g/mol. The molecule has 1 N–H and O–H groups in total. The minimum Gasteiger partial charge on any atom is -0.311 e. The van der Waals surface area contributed by atoms with Crippen molar-refractivity contribution in [2.45, 2.75) is 13.3 Å². The Balaban J connectivity index is 2.66.